The SMILES string of the molecule is C#CCCNC1(CN)CCC(c2ccccc2)CC1. The van der Waals surface area contributed by atoms with Crippen molar-refractivity contribution in [2.24, 2.45) is 5.73 Å². The molecule has 1 fully saturated rings. The van der Waals surface area contributed by atoms with Crippen LogP contribution in [0.25, 0.3) is 0 Å². The zero-order valence-corrected chi connectivity index (χ0v) is 11.6. The first-order chi connectivity index (χ1) is 9.29. The van der Waals surface area contributed by atoms with Crippen LogP contribution in [0, 0.1) is 12.3 Å². The van der Waals surface area contributed by atoms with Crippen molar-refractivity contribution in [3.05, 3.63) is 35.9 Å². The lowest BCUT2D eigenvalue weighted by molar-refractivity contribution is 0.224. The van der Waals surface area contributed by atoms with Gasteiger partial charge < -0.3 is 11.1 Å². The summed E-state index contributed by atoms with van der Waals surface area (Å²) in [6.45, 7) is 1.59. The van der Waals surface area contributed by atoms with Gasteiger partial charge in [0.2, 0.25) is 0 Å². The van der Waals surface area contributed by atoms with Crippen LogP contribution in [0.5, 0.6) is 0 Å². The molecule has 1 aliphatic carbocycles. The minimum Gasteiger partial charge on any atom is -0.329 e. The fourth-order valence-electron chi connectivity index (χ4n) is 3.08. The summed E-state index contributed by atoms with van der Waals surface area (Å²) in [6, 6.07) is 10.8. The molecule has 0 amide bonds. The summed E-state index contributed by atoms with van der Waals surface area (Å²) in [5, 5.41) is 3.59. The maximum Gasteiger partial charge on any atom is 0.0304 e. The Hall–Kier alpha value is -1.30. The minimum atomic E-state index is 0.113. The minimum absolute atomic E-state index is 0.113. The third-order valence-corrected chi connectivity index (χ3v) is 4.37. The van der Waals surface area contributed by atoms with Crippen LogP contribution in [0.2, 0.25) is 0 Å². The lowest BCUT2D eigenvalue weighted by Crippen LogP contribution is -2.53. The third kappa shape index (κ3) is 3.59. The monoisotopic (exact) mass is 256 g/mol. The van der Waals surface area contributed by atoms with E-state index >= 15 is 0 Å². The number of hydrogen-bond acceptors (Lipinski definition) is 2. The second-order valence-electron chi connectivity index (χ2n) is 5.55. The summed E-state index contributed by atoms with van der Waals surface area (Å²) in [6.07, 6.45) is 10.8. The van der Waals surface area contributed by atoms with Crippen LogP contribution in [0.15, 0.2) is 30.3 Å². The molecule has 0 bridgehead atoms. The molecule has 0 heterocycles. The van der Waals surface area contributed by atoms with E-state index < -0.39 is 0 Å². The Balaban J connectivity index is 1.91. The summed E-state index contributed by atoms with van der Waals surface area (Å²) in [5.41, 5.74) is 7.57. The number of benzene rings is 1. The molecule has 0 atom stereocenters. The maximum absolute atomic E-state index is 5.99. The number of terminal acetylenes is 1. The highest BCUT2D eigenvalue weighted by molar-refractivity contribution is 5.20. The molecule has 3 N–H and O–H groups in total. The molecule has 0 aromatic heterocycles. The van der Waals surface area contributed by atoms with Gasteiger partial charge in [-0.25, -0.2) is 0 Å². The molecule has 0 spiro atoms. The molecule has 1 saturated carbocycles. The smallest absolute Gasteiger partial charge is 0.0304 e. The van der Waals surface area contributed by atoms with Crippen molar-refractivity contribution in [1.29, 1.82) is 0 Å². The quantitative estimate of drug-likeness (QED) is 0.628. The van der Waals surface area contributed by atoms with E-state index in [2.05, 4.69) is 41.6 Å². The fraction of sp³-hybridized carbons (Fsp3) is 0.529. The summed E-state index contributed by atoms with van der Waals surface area (Å²) >= 11 is 0. The van der Waals surface area contributed by atoms with E-state index in [1.54, 1.807) is 0 Å². The largest absolute Gasteiger partial charge is 0.329 e. The van der Waals surface area contributed by atoms with Crippen LogP contribution in [-0.2, 0) is 0 Å². The molecule has 2 heteroatoms. The molecule has 2 nitrogen and oxygen atoms in total. The molecular formula is C17H24N2. The highest BCUT2D eigenvalue weighted by atomic mass is 15.0. The normalized spacial score (nSPS) is 26.8. The lowest BCUT2D eigenvalue weighted by atomic mass is 9.74. The molecule has 0 aliphatic heterocycles. The average molecular weight is 256 g/mol. The zero-order chi connectivity index (χ0) is 13.6. The van der Waals surface area contributed by atoms with Gasteiger partial charge in [0.05, 0.1) is 0 Å². The molecule has 1 aromatic rings. The zero-order valence-electron chi connectivity index (χ0n) is 11.6. The van der Waals surface area contributed by atoms with Crippen LogP contribution in [0.1, 0.15) is 43.6 Å². The van der Waals surface area contributed by atoms with Gasteiger partial charge in [-0.05, 0) is 37.2 Å². The van der Waals surface area contributed by atoms with E-state index in [9.17, 15) is 0 Å². The van der Waals surface area contributed by atoms with Gasteiger partial charge in [-0.2, -0.15) is 0 Å². The first-order valence-electron chi connectivity index (χ1n) is 7.23. The average Bonchev–Trinajstić information content (AvgIpc) is 2.49. The van der Waals surface area contributed by atoms with E-state index in [0.29, 0.717) is 12.5 Å². The molecular weight excluding hydrogens is 232 g/mol. The van der Waals surface area contributed by atoms with Gasteiger partial charge in [-0.1, -0.05) is 30.3 Å². The second kappa shape index (κ2) is 6.75. The topological polar surface area (TPSA) is 38.0 Å². The Morgan fingerprint density at radius 1 is 1.26 bits per heavy atom. The Morgan fingerprint density at radius 2 is 1.95 bits per heavy atom. The van der Waals surface area contributed by atoms with E-state index in [0.717, 1.165) is 25.8 Å². The predicted molar refractivity (Wildman–Crippen MR) is 80.9 cm³/mol. The van der Waals surface area contributed by atoms with Gasteiger partial charge in [0.1, 0.15) is 0 Å². The molecule has 102 valence electrons. The van der Waals surface area contributed by atoms with Gasteiger partial charge in [0.25, 0.3) is 0 Å². The van der Waals surface area contributed by atoms with Crippen molar-refractivity contribution in [2.75, 3.05) is 13.1 Å². The first-order valence-corrected chi connectivity index (χ1v) is 7.23. The molecule has 2 rings (SSSR count). The van der Waals surface area contributed by atoms with Crippen LogP contribution in [0.3, 0.4) is 0 Å². The van der Waals surface area contributed by atoms with Gasteiger partial charge >= 0.3 is 0 Å². The van der Waals surface area contributed by atoms with E-state index in [4.69, 9.17) is 12.2 Å². The van der Waals surface area contributed by atoms with Gasteiger partial charge in [-0.15, -0.1) is 12.3 Å². The van der Waals surface area contributed by atoms with Crippen molar-refractivity contribution in [2.45, 2.75) is 43.6 Å². The Bertz CT molecular complexity index is 411. The van der Waals surface area contributed by atoms with Gasteiger partial charge in [0.15, 0.2) is 0 Å². The van der Waals surface area contributed by atoms with Crippen molar-refractivity contribution in [3.8, 4) is 12.3 Å². The molecule has 0 unspecified atom stereocenters. The highest BCUT2D eigenvalue weighted by Crippen LogP contribution is 2.37. The van der Waals surface area contributed by atoms with Gasteiger partial charge in [-0.3, -0.25) is 0 Å². The third-order valence-electron chi connectivity index (χ3n) is 4.37. The Morgan fingerprint density at radius 3 is 2.53 bits per heavy atom. The van der Waals surface area contributed by atoms with Crippen molar-refractivity contribution < 1.29 is 0 Å². The Labute approximate surface area is 116 Å². The van der Waals surface area contributed by atoms with Crippen molar-refractivity contribution in [3.63, 3.8) is 0 Å². The maximum atomic E-state index is 5.99. The molecule has 0 radical (unpaired) electrons. The molecule has 19 heavy (non-hydrogen) atoms. The van der Waals surface area contributed by atoms with Gasteiger partial charge in [0, 0.05) is 25.0 Å². The summed E-state index contributed by atoms with van der Waals surface area (Å²) in [7, 11) is 0. The van der Waals surface area contributed by atoms with Crippen molar-refractivity contribution >= 4 is 0 Å². The van der Waals surface area contributed by atoms with Crippen LogP contribution in [-0.4, -0.2) is 18.6 Å². The number of nitrogens with one attached hydrogen (secondary N) is 1. The second-order valence-corrected chi connectivity index (χ2v) is 5.55. The lowest BCUT2D eigenvalue weighted by Gasteiger charge is -2.40. The fourth-order valence-corrected chi connectivity index (χ4v) is 3.08. The summed E-state index contributed by atoms with van der Waals surface area (Å²) < 4.78 is 0. The number of hydrogen-bond donors (Lipinski definition) is 2. The molecule has 1 aromatic carbocycles. The highest BCUT2D eigenvalue weighted by Gasteiger charge is 2.33. The number of rotatable bonds is 5. The molecule has 0 saturated heterocycles. The summed E-state index contributed by atoms with van der Waals surface area (Å²) in [5.74, 6) is 3.37. The Kier molecular flexibility index (Phi) is 5.01. The summed E-state index contributed by atoms with van der Waals surface area (Å²) in [4.78, 5) is 0. The first kappa shape index (κ1) is 14.1. The van der Waals surface area contributed by atoms with Crippen molar-refractivity contribution in [1.82, 2.24) is 5.32 Å². The van der Waals surface area contributed by atoms with E-state index in [1.165, 1.54) is 18.4 Å². The standard InChI is InChI=1S/C17H24N2/c1-2-3-13-19-17(14-18)11-9-16(10-12-17)15-7-5-4-6-8-15/h1,4-8,16,19H,3,9-14,18H2. The predicted octanol–water partition coefficient (Wildman–Crippen LogP) is 2.65. The number of nitrogens with two attached hydrogens (primary N) is 1. The van der Waals surface area contributed by atoms with Crippen LogP contribution in [0.4, 0.5) is 0 Å². The van der Waals surface area contributed by atoms with Crippen LogP contribution < -0.4 is 11.1 Å². The van der Waals surface area contributed by atoms with Crippen LogP contribution >= 0.6 is 0 Å². The van der Waals surface area contributed by atoms with E-state index in [1.807, 2.05) is 0 Å². The van der Waals surface area contributed by atoms with E-state index in [-0.39, 0.29) is 5.54 Å². The molecule has 1 aliphatic rings.